The number of halogens is 1. The Balaban J connectivity index is 1.58. The molecule has 1 heterocycles. The van der Waals surface area contributed by atoms with E-state index in [1.807, 2.05) is 12.1 Å². The average molecular weight is 337 g/mol. The third-order valence-electron chi connectivity index (χ3n) is 4.83. The quantitative estimate of drug-likeness (QED) is 0.890. The van der Waals surface area contributed by atoms with Gasteiger partial charge in [0.05, 0.1) is 6.04 Å². The Morgan fingerprint density at radius 2 is 2.00 bits per heavy atom. The Hall–Kier alpha value is -0.870. The van der Waals surface area contributed by atoms with E-state index in [1.165, 1.54) is 0 Å². The highest BCUT2D eigenvalue weighted by molar-refractivity contribution is 9.10. The number of benzene rings is 1. The molecular weight excluding hydrogens is 316 g/mol. The Morgan fingerprint density at radius 3 is 2.65 bits per heavy atom. The molecule has 1 amide bonds. The summed E-state index contributed by atoms with van der Waals surface area (Å²) in [5, 5.41) is 6.55. The van der Waals surface area contributed by atoms with Gasteiger partial charge in [-0.2, -0.15) is 0 Å². The maximum Gasteiger partial charge on any atom is 0.224 e. The van der Waals surface area contributed by atoms with Gasteiger partial charge in [0.15, 0.2) is 0 Å². The summed E-state index contributed by atoms with van der Waals surface area (Å²) >= 11 is 3.43. The summed E-state index contributed by atoms with van der Waals surface area (Å²) < 4.78 is 1.07. The highest BCUT2D eigenvalue weighted by Crippen LogP contribution is 2.58. The molecule has 20 heavy (non-hydrogen) atoms. The molecule has 0 radical (unpaired) electrons. The number of carbonyl (C=O) groups excluding carboxylic acids is 1. The Labute approximate surface area is 128 Å². The van der Waals surface area contributed by atoms with Gasteiger partial charge < -0.3 is 10.6 Å². The first-order chi connectivity index (χ1) is 9.61. The summed E-state index contributed by atoms with van der Waals surface area (Å²) in [7, 11) is 0. The molecule has 2 aliphatic rings. The number of amides is 1. The molecule has 3 rings (SSSR count). The average Bonchev–Trinajstić information content (AvgIpc) is 3.14. The lowest BCUT2D eigenvalue weighted by molar-refractivity contribution is -0.123. The van der Waals surface area contributed by atoms with Crippen LogP contribution in [0.15, 0.2) is 28.7 Å². The summed E-state index contributed by atoms with van der Waals surface area (Å²) in [6, 6.07) is 8.23. The second-order valence-electron chi connectivity index (χ2n) is 6.15. The summed E-state index contributed by atoms with van der Waals surface area (Å²) in [6.07, 6.45) is 3.38. The molecular formula is C16H21BrN2O. The fraction of sp³-hybridized carbons (Fsp3) is 0.562. The van der Waals surface area contributed by atoms with Gasteiger partial charge in [-0.1, -0.05) is 28.1 Å². The largest absolute Gasteiger partial charge is 0.349 e. The van der Waals surface area contributed by atoms with Crippen LogP contribution in [-0.2, 0) is 4.79 Å². The molecule has 2 fully saturated rings. The minimum atomic E-state index is 0.0787. The van der Waals surface area contributed by atoms with E-state index in [4.69, 9.17) is 0 Å². The van der Waals surface area contributed by atoms with Crippen LogP contribution in [0.25, 0.3) is 0 Å². The van der Waals surface area contributed by atoms with Crippen LogP contribution >= 0.6 is 15.9 Å². The van der Waals surface area contributed by atoms with Crippen molar-refractivity contribution in [2.75, 3.05) is 13.1 Å². The number of hydrogen-bond donors (Lipinski definition) is 2. The lowest BCUT2D eigenvalue weighted by atomic mass is 9.91. The van der Waals surface area contributed by atoms with E-state index < -0.39 is 0 Å². The monoisotopic (exact) mass is 336 g/mol. The van der Waals surface area contributed by atoms with E-state index in [-0.39, 0.29) is 17.9 Å². The standard InChI is InChI=1S/C16H21BrN2O/c1-11(12-2-4-13(17)5-3-12)19-15(20)14-10-16(14)6-8-18-9-7-16/h2-5,11,14,18H,6-10H2,1H3,(H,19,20)/t11-,14?/m0/s1. The molecule has 1 aliphatic heterocycles. The van der Waals surface area contributed by atoms with Gasteiger partial charge in [0.2, 0.25) is 5.91 Å². The molecule has 2 atom stereocenters. The molecule has 1 saturated heterocycles. The predicted molar refractivity (Wildman–Crippen MR) is 83.3 cm³/mol. The zero-order valence-electron chi connectivity index (χ0n) is 11.8. The maximum absolute atomic E-state index is 12.4. The van der Waals surface area contributed by atoms with Crippen molar-refractivity contribution >= 4 is 21.8 Å². The van der Waals surface area contributed by atoms with Gasteiger partial charge in [-0.3, -0.25) is 4.79 Å². The first-order valence-corrected chi connectivity index (χ1v) is 8.17. The Bertz CT molecular complexity index is 494. The van der Waals surface area contributed by atoms with Crippen LogP contribution in [0, 0.1) is 11.3 Å². The molecule has 0 aromatic heterocycles. The zero-order chi connectivity index (χ0) is 14.2. The lowest BCUT2D eigenvalue weighted by Crippen LogP contribution is -2.34. The second-order valence-corrected chi connectivity index (χ2v) is 7.07. The van der Waals surface area contributed by atoms with Gasteiger partial charge in [0, 0.05) is 10.4 Å². The Morgan fingerprint density at radius 1 is 1.35 bits per heavy atom. The summed E-state index contributed by atoms with van der Waals surface area (Å²) in [4.78, 5) is 12.4. The second kappa shape index (κ2) is 5.49. The van der Waals surface area contributed by atoms with Crippen molar-refractivity contribution in [3.05, 3.63) is 34.3 Å². The minimum absolute atomic E-state index is 0.0787. The van der Waals surface area contributed by atoms with Crippen LogP contribution in [-0.4, -0.2) is 19.0 Å². The SMILES string of the molecule is C[C@H](NC(=O)C1CC12CCNCC2)c1ccc(Br)cc1. The zero-order valence-corrected chi connectivity index (χ0v) is 13.4. The van der Waals surface area contributed by atoms with E-state index in [1.54, 1.807) is 0 Å². The lowest BCUT2D eigenvalue weighted by Gasteiger charge is -2.23. The van der Waals surface area contributed by atoms with Crippen molar-refractivity contribution in [1.29, 1.82) is 0 Å². The summed E-state index contributed by atoms with van der Waals surface area (Å²) in [5.74, 6) is 0.477. The van der Waals surface area contributed by atoms with Crippen LogP contribution in [0.4, 0.5) is 0 Å². The van der Waals surface area contributed by atoms with Gasteiger partial charge in [0.25, 0.3) is 0 Å². The predicted octanol–water partition coefficient (Wildman–Crippen LogP) is 3.02. The first kappa shape index (κ1) is 14.1. The molecule has 1 aliphatic carbocycles. The topological polar surface area (TPSA) is 41.1 Å². The highest BCUT2D eigenvalue weighted by Gasteiger charge is 2.57. The highest BCUT2D eigenvalue weighted by atomic mass is 79.9. The van der Waals surface area contributed by atoms with Crippen molar-refractivity contribution in [3.8, 4) is 0 Å². The third kappa shape index (κ3) is 2.77. The van der Waals surface area contributed by atoms with E-state index >= 15 is 0 Å². The van der Waals surface area contributed by atoms with Crippen LogP contribution in [0.2, 0.25) is 0 Å². The van der Waals surface area contributed by atoms with Gasteiger partial charge in [0.1, 0.15) is 0 Å². The van der Waals surface area contributed by atoms with Gasteiger partial charge in [-0.25, -0.2) is 0 Å². The van der Waals surface area contributed by atoms with Crippen molar-refractivity contribution in [1.82, 2.24) is 10.6 Å². The molecule has 0 bridgehead atoms. The molecule has 108 valence electrons. The van der Waals surface area contributed by atoms with Crippen LogP contribution in [0.5, 0.6) is 0 Å². The van der Waals surface area contributed by atoms with E-state index in [0.717, 1.165) is 42.4 Å². The number of rotatable bonds is 3. The number of nitrogens with one attached hydrogen (secondary N) is 2. The normalized spacial score (nSPS) is 25.2. The molecule has 2 N–H and O–H groups in total. The Kier molecular flexibility index (Phi) is 3.87. The van der Waals surface area contributed by atoms with Crippen LogP contribution < -0.4 is 10.6 Å². The van der Waals surface area contributed by atoms with Crippen LogP contribution in [0.1, 0.15) is 37.8 Å². The summed E-state index contributed by atoms with van der Waals surface area (Å²) in [6.45, 7) is 4.18. The molecule has 1 aromatic rings. The molecule has 1 aromatic carbocycles. The number of hydrogen-bond acceptors (Lipinski definition) is 2. The molecule has 4 heteroatoms. The fourth-order valence-electron chi connectivity index (χ4n) is 3.34. The smallest absolute Gasteiger partial charge is 0.224 e. The van der Waals surface area contributed by atoms with Crippen molar-refractivity contribution < 1.29 is 4.79 Å². The van der Waals surface area contributed by atoms with Gasteiger partial charge in [-0.15, -0.1) is 0 Å². The van der Waals surface area contributed by atoms with Gasteiger partial charge in [-0.05, 0) is 62.4 Å². The van der Waals surface area contributed by atoms with E-state index in [2.05, 4.69) is 45.6 Å². The first-order valence-electron chi connectivity index (χ1n) is 7.37. The number of carbonyl (C=O) groups is 1. The molecule has 1 saturated carbocycles. The van der Waals surface area contributed by atoms with E-state index in [0.29, 0.717) is 5.41 Å². The van der Waals surface area contributed by atoms with Gasteiger partial charge >= 0.3 is 0 Å². The molecule has 3 nitrogen and oxygen atoms in total. The van der Waals surface area contributed by atoms with E-state index in [9.17, 15) is 4.79 Å². The maximum atomic E-state index is 12.4. The minimum Gasteiger partial charge on any atom is -0.349 e. The molecule has 1 unspecified atom stereocenters. The van der Waals surface area contributed by atoms with Crippen molar-refractivity contribution in [2.45, 2.75) is 32.2 Å². The summed E-state index contributed by atoms with van der Waals surface area (Å²) in [5.41, 5.74) is 1.47. The number of piperidine rings is 1. The van der Waals surface area contributed by atoms with Crippen molar-refractivity contribution in [2.24, 2.45) is 11.3 Å². The molecule has 1 spiro atoms. The van der Waals surface area contributed by atoms with Crippen LogP contribution in [0.3, 0.4) is 0 Å². The van der Waals surface area contributed by atoms with Crippen molar-refractivity contribution in [3.63, 3.8) is 0 Å². The third-order valence-corrected chi connectivity index (χ3v) is 5.36. The fourth-order valence-corrected chi connectivity index (χ4v) is 3.61.